The van der Waals surface area contributed by atoms with Crippen molar-refractivity contribution in [2.75, 3.05) is 13.7 Å². The summed E-state index contributed by atoms with van der Waals surface area (Å²) in [7, 11) is 1.66. The summed E-state index contributed by atoms with van der Waals surface area (Å²) in [4.78, 5) is 0. The van der Waals surface area contributed by atoms with Crippen LogP contribution in [0.1, 0.15) is 24.5 Å². The highest BCUT2D eigenvalue weighted by molar-refractivity contribution is 6.31. The minimum Gasteiger partial charge on any atom is -0.382 e. The van der Waals surface area contributed by atoms with Gasteiger partial charge in [0.15, 0.2) is 0 Å². The second kappa shape index (κ2) is 4.97. The standard InChI is InChI=1S/C12H18ClNO/c1-4-12(14,8-15-3)10-6-5-9(2)11(13)7-10/h5-7H,4,8,14H2,1-3H3. The van der Waals surface area contributed by atoms with Crippen LogP contribution in [-0.4, -0.2) is 13.7 Å². The number of benzene rings is 1. The Hall–Kier alpha value is -0.570. The molecule has 0 saturated carbocycles. The molecule has 1 aromatic carbocycles. The Morgan fingerprint density at radius 1 is 1.47 bits per heavy atom. The van der Waals surface area contributed by atoms with Crippen LogP contribution in [0.25, 0.3) is 0 Å². The predicted molar refractivity (Wildman–Crippen MR) is 64.2 cm³/mol. The van der Waals surface area contributed by atoms with E-state index in [1.165, 1.54) is 0 Å². The van der Waals surface area contributed by atoms with Gasteiger partial charge >= 0.3 is 0 Å². The Morgan fingerprint density at radius 2 is 2.13 bits per heavy atom. The van der Waals surface area contributed by atoms with Crippen LogP contribution in [0.3, 0.4) is 0 Å². The smallest absolute Gasteiger partial charge is 0.0684 e. The van der Waals surface area contributed by atoms with Crippen LogP contribution in [0.4, 0.5) is 0 Å². The molecular weight excluding hydrogens is 210 g/mol. The number of ether oxygens (including phenoxy) is 1. The first-order valence-electron chi connectivity index (χ1n) is 5.08. The zero-order valence-electron chi connectivity index (χ0n) is 9.51. The van der Waals surface area contributed by atoms with Gasteiger partial charge in [0.2, 0.25) is 0 Å². The molecule has 0 heterocycles. The van der Waals surface area contributed by atoms with Gasteiger partial charge in [0.25, 0.3) is 0 Å². The SMILES string of the molecule is CCC(N)(COC)c1ccc(C)c(Cl)c1. The third-order valence-corrected chi connectivity index (χ3v) is 3.19. The number of hydrogen-bond acceptors (Lipinski definition) is 2. The highest BCUT2D eigenvalue weighted by Gasteiger charge is 2.25. The van der Waals surface area contributed by atoms with Crippen molar-refractivity contribution in [2.45, 2.75) is 25.8 Å². The molecule has 3 heteroatoms. The Kier molecular flexibility index (Phi) is 4.14. The lowest BCUT2D eigenvalue weighted by Crippen LogP contribution is -2.40. The van der Waals surface area contributed by atoms with Gasteiger partial charge in [0, 0.05) is 12.1 Å². The fourth-order valence-corrected chi connectivity index (χ4v) is 1.73. The van der Waals surface area contributed by atoms with Crippen LogP contribution in [0.15, 0.2) is 18.2 Å². The van der Waals surface area contributed by atoms with Crippen LogP contribution >= 0.6 is 11.6 Å². The van der Waals surface area contributed by atoms with E-state index in [9.17, 15) is 0 Å². The lowest BCUT2D eigenvalue weighted by Gasteiger charge is -2.28. The Balaban J connectivity index is 3.07. The Bertz CT molecular complexity index is 340. The summed E-state index contributed by atoms with van der Waals surface area (Å²) in [6.07, 6.45) is 0.820. The molecule has 0 fully saturated rings. The lowest BCUT2D eigenvalue weighted by molar-refractivity contribution is 0.129. The maximum Gasteiger partial charge on any atom is 0.0684 e. The van der Waals surface area contributed by atoms with Gasteiger partial charge in [-0.05, 0) is 30.5 Å². The number of rotatable bonds is 4. The first-order valence-corrected chi connectivity index (χ1v) is 5.45. The van der Waals surface area contributed by atoms with Gasteiger partial charge in [-0.2, -0.15) is 0 Å². The highest BCUT2D eigenvalue weighted by Crippen LogP contribution is 2.26. The van der Waals surface area contributed by atoms with Crippen molar-refractivity contribution in [1.29, 1.82) is 0 Å². The molecule has 2 nitrogen and oxygen atoms in total. The third-order valence-electron chi connectivity index (χ3n) is 2.78. The molecular formula is C12H18ClNO. The van der Waals surface area contributed by atoms with Crippen molar-refractivity contribution in [1.82, 2.24) is 0 Å². The van der Waals surface area contributed by atoms with Gasteiger partial charge in [0.05, 0.1) is 12.1 Å². The molecule has 0 radical (unpaired) electrons. The van der Waals surface area contributed by atoms with Crippen LogP contribution < -0.4 is 5.73 Å². The van der Waals surface area contributed by atoms with E-state index >= 15 is 0 Å². The maximum atomic E-state index is 6.26. The summed E-state index contributed by atoms with van der Waals surface area (Å²) in [5.74, 6) is 0. The molecule has 84 valence electrons. The highest BCUT2D eigenvalue weighted by atomic mass is 35.5. The Labute approximate surface area is 96.4 Å². The van der Waals surface area contributed by atoms with Crippen molar-refractivity contribution < 1.29 is 4.74 Å². The average molecular weight is 228 g/mol. The maximum absolute atomic E-state index is 6.26. The molecule has 2 N–H and O–H groups in total. The number of aryl methyl sites for hydroxylation is 1. The first kappa shape index (κ1) is 12.5. The van der Waals surface area contributed by atoms with Crippen molar-refractivity contribution in [3.8, 4) is 0 Å². The molecule has 0 spiro atoms. The van der Waals surface area contributed by atoms with Crippen molar-refractivity contribution in [2.24, 2.45) is 5.73 Å². The minimum atomic E-state index is -0.438. The topological polar surface area (TPSA) is 35.2 Å². The summed E-state index contributed by atoms with van der Waals surface area (Å²) in [5.41, 5.74) is 7.92. The van der Waals surface area contributed by atoms with Crippen LogP contribution in [0.5, 0.6) is 0 Å². The van der Waals surface area contributed by atoms with Crippen molar-refractivity contribution >= 4 is 11.6 Å². The van der Waals surface area contributed by atoms with E-state index in [2.05, 4.69) is 0 Å². The fourth-order valence-electron chi connectivity index (χ4n) is 1.55. The fraction of sp³-hybridized carbons (Fsp3) is 0.500. The second-order valence-electron chi connectivity index (χ2n) is 3.91. The number of nitrogens with two attached hydrogens (primary N) is 1. The molecule has 0 aliphatic carbocycles. The van der Waals surface area contributed by atoms with Gasteiger partial charge < -0.3 is 10.5 Å². The molecule has 1 rings (SSSR count). The summed E-state index contributed by atoms with van der Waals surface area (Å²) in [6, 6.07) is 5.94. The van der Waals surface area contributed by atoms with Crippen molar-refractivity contribution in [3.63, 3.8) is 0 Å². The summed E-state index contributed by atoms with van der Waals surface area (Å²) >= 11 is 6.08. The minimum absolute atomic E-state index is 0.438. The number of methoxy groups -OCH3 is 1. The largest absolute Gasteiger partial charge is 0.382 e. The monoisotopic (exact) mass is 227 g/mol. The van der Waals surface area contributed by atoms with Crippen LogP contribution in [-0.2, 0) is 10.3 Å². The normalized spacial score (nSPS) is 15.0. The number of halogens is 1. The van der Waals surface area contributed by atoms with Gasteiger partial charge in [-0.1, -0.05) is 30.7 Å². The van der Waals surface area contributed by atoms with Crippen LogP contribution in [0.2, 0.25) is 5.02 Å². The van der Waals surface area contributed by atoms with E-state index in [0.717, 1.165) is 22.6 Å². The molecule has 0 aliphatic heterocycles. The molecule has 15 heavy (non-hydrogen) atoms. The number of hydrogen-bond donors (Lipinski definition) is 1. The van der Waals surface area contributed by atoms with E-state index < -0.39 is 5.54 Å². The molecule has 1 atom stereocenters. The van der Waals surface area contributed by atoms with Crippen LogP contribution in [0, 0.1) is 6.92 Å². The van der Waals surface area contributed by atoms with E-state index in [0.29, 0.717) is 6.61 Å². The quantitative estimate of drug-likeness (QED) is 0.859. The average Bonchev–Trinajstić information content (AvgIpc) is 2.22. The zero-order chi connectivity index (χ0) is 11.5. The molecule has 0 bridgehead atoms. The molecule has 0 aliphatic rings. The summed E-state index contributed by atoms with van der Waals surface area (Å²) < 4.78 is 5.15. The van der Waals surface area contributed by atoms with Gasteiger partial charge in [0.1, 0.15) is 0 Å². The predicted octanol–water partition coefficient (Wildman–Crippen LogP) is 2.86. The second-order valence-corrected chi connectivity index (χ2v) is 4.31. The molecule has 1 aromatic rings. The van der Waals surface area contributed by atoms with E-state index in [1.54, 1.807) is 7.11 Å². The summed E-state index contributed by atoms with van der Waals surface area (Å²) in [5, 5.41) is 0.756. The van der Waals surface area contributed by atoms with Gasteiger partial charge in [-0.25, -0.2) is 0 Å². The molecule has 0 aromatic heterocycles. The van der Waals surface area contributed by atoms with E-state index in [4.69, 9.17) is 22.1 Å². The lowest BCUT2D eigenvalue weighted by atomic mass is 9.89. The zero-order valence-corrected chi connectivity index (χ0v) is 10.3. The van der Waals surface area contributed by atoms with Crippen molar-refractivity contribution in [3.05, 3.63) is 34.3 Å². The van der Waals surface area contributed by atoms with E-state index in [-0.39, 0.29) is 0 Å². The molecule has 1 unspecified atom stereocenters. The molecule has 0 saturated heterocycles. The van der Waals surface area contributed by atoms with Gasteiger partial charge in [-0.3, -0.25) is 0 Å². The van der Waals surface area contributed by atoms with E-state index in [1.807, 2.05) is 32.0 Å². The van der Waals surface area contributed by atoms with Gasteiger partial charge in [-0.15, -0.1) is 0 Å². The third kappa shape index (κ3) is 2.71. The Morgan fingerprint density at radius 3 is 2.60 bits per heavy atom. The summed E-state index contributed by atoms with van der Waals surface area (Å²) in [6.45, 7) is 4.53. The molecule has 0 amide bonds. The first-order chi connectivity index (χ1) is 7.03.